The number of carboxylic acid groups (broad SMARTS) is 1. The number of aromatic carboxylic acids is 1. The molecule has 4 nitrogen and oxygen atoms in total. The Balaban J connectivity index is 2.44. The normalized spacial score (nSPS) is 11.4. The maximum atomic E-state index is 13.5. The molecule has 8 heteroatoms. The number of carboxylic acids is 1. The van der Waals surface area contributed by atoms with Gasteiger partial charge in [-0.05, 0) is 30.3 Å². The minimum atomic E-state index is -4.72. The Hall–Kier alpha value is -2.64. The number of halogens is 4. The van der Waals surface area contributed by atoms with Gasteiger partial charge in [0, 0.05) is 0 Å². The summed E-state index contributed by atoms with van der Waals surface area (Å²) in [7, 11) is 0. The van der Waals surface area contributed by atoms with Gasteiger partial charge in [-0.3, -0.25) is 4.79 Å². The molecule has 2 aromatic rings. The molecule has 0 bridgehead atoms. The Labute approximate surface area is 115 Å². The quantitative estimate of drug-likeness (QED) is 0.676. The zero-order chi connectivity index (χ0) is 15.8. The lowest BCUT2D eigenvalue weighted by atomic mass is 10.0. The number of hydrogen-bond acceptors (Lipinski definition) is 2. The van der Waals surface area contributed by atoms with Crippen LogP contribution in [0.25, 0.3) is 0 Å². The van der Waals surface area contributed by atoms with Crippen molar-refractivity contribution in [3.8, 4) is 0 Å². The van der Waals surface area contributed by atoms with E-state index in [1.165, 1.54) is 0 Å². The van der Waals surface area contributed by atoms with Crippen molar-refractivity contribution >= 4 is 11.8 Å². The van der Waals surface area contributed by atoms with Crippen molar-refractivity contribution in [1.29, 1.82) is 0 Å². The molecule has 0 aliphatic carbocycles. The molecule has 0 radical (unpaired) electrons. The van der Waals surface area contributed by atoms with E-state index in [1.54, 1.807) is 0 Å². The van der Waals surface area contributed by atoms with Crippen LogP contribution in [0.1, 0.15) is 32.1 Å². The number of ketones is 1. The molecule has 2 rings (SSSR count). The summed E-state index contributed by atoms with van der Waals surface area (Å²) in [5, 5.41) is 8.69. The van der Waals surface area contributed by atoms with E-state index in [0.29, 0.717) is 18.2 Å². The van der Waals surface area contributed by atoms with Crippen molar-refractivity contribution in [3.63, 3.8) is 0 Å². The third kappa shape index (κ3) is 2.93. The van der Waals surface area contributed by atoms with E-state index in [4.69, 9.17) is 5.11 Å². The molecule has 0 saturated carbocycles. The van der Waals surface area contributed by atoms with Crippen LogP contribution in [-0.4, -0.2) is 21.8 Å². The SMILES string of the molecule is O=C(O)c1ccc(C(=O)c2cc(C(F)(F)F)ccc2F)[nH]1. The van der Waals surface area contributed by atoms with Gasteiger partial charge in [0.2, 0.25) is 5.78 Å². The predicted molar refractivity (Wildman–Crippen MR) is 62.6 cm³/mol. The molecule has 1 aromatic carbocycles. The largest absolute Gasteiger partial charge is 0.477 e. The van der Waals surface area contributed by atoms with Crippen molar-refractivity contribution in [1.82, 2.24) is 4.98 Å². The number of aromatic amines is 1. The summed E-state index contributed by atoms with van der Waals surface area (Å²) in [6.07, 6.45) is -4.72. The predicted octanol–water partition coefficient (Wildman–Crippen LogP) is 3.10. The fraction of sp³-hybridized carbons (Fsp3) is 0.0769. The van der Waals surface area contributed by atoms with Gasteiger partial charge in [0.15, 0.2) is 0 Å². The number of rotatable bonds is 3. The monoisotopic (exact) mass is 301 g/mol. The first-order valence-corrected chi connectivity index (χ1v) is 5.54. The average Bonchev–Trinajstić information content (AvgIpc) is 2.86. The van der Waals surface area contributed by atoms with Crippen LogP contribution >= 0.6 is 0 Å². The van der Waals surface area contributed by atoms with E-state index in [2.05, 4.69) is 4.98 Å². The zero-order valence-corrected chi connectivity index (χ0v) is 10.2. The van der Waals surface area contributed by atoms with Crippen molar-refractivity contribution in [2.24, 2.45) is 0 Å². The number of alkyl halides is 3. The van der Waals surface area contributed by atoms with Gasteiger partial charge >= 0.3 is 12.1 Å². The molecule has 0 aliphatic rings. The second-order valence-electron chi connectivity index (χ2n) is 4.11. The maximum absolute atomic E-state index is 13.5. The lowest BCUT2D eigenvalue weighted by Gasteiger charge is -2.08. The van der Waals surface area contributed by atoms with E-state index in [0.717, 1.165) is 12.1 Å². The first-order valence-electron chi connectivity index (χ1n) is 5.54. The van der Waals surface area contributed by atoms with Crippen LogP contribution in [0.5, 0.6) is 0 Å². The van der Waals surface area contributed by atoms with Crippen LogP contribution in [0.2, 0.25) is 0 Å². The summed E-state index contributed by atoms with van der Waals surface area (Å²) >= 11 is 0. The van der Waals surface area contributed by atoms with Crippen LogP contribution in [0.15, 0.2) is 30.3 Å². The summed E-state index contributed by atoms with van der Waals surface area (Å²) in [4.78, 5) is 24.8. The van der Waals surface area contributed by atoms with E-state index in [1.807, 2.05) is 0 Å². The molecule has 1 heterocycles. The third-order valence-electron chi connectivity index (χ3n) is 2.70. The van der Waals surface area contributed by atoms with E-state index in [-0.39, 0.29) is 11.4 Å². The Bertz CT molecular complexity index is 718. The van der Waals surface area contributed by atoms with Crippen LogP contribution < -0.4 is 0 Å². The maximum Gasteiger partial charge on any atom is 0.416 e. The Morgan fingerprint density at radius 1 is 1.05 bits per heavy atom. The summed E-state index contributed by atoms with van der Waals surface area (Å²) in [6, 6.07) is 3.56. The molecule has 1 aromatic heterocycles. The Morgan fingerprint density at radius 3 is 2.19 bits per heavy atom. The number of H-pyrrole nitrogens is 1. The fourth-order valence-corrected chi connectivity index (χ4v) is 1.67. The number of aromatic nitrogens is 1. The molecule has 0 atom stereocenters. The number of nitrogens with one attached hydrogen (secondary N) is 1. The molecule has 21 heavy (non-hydrogen) atoms. The Kier molecular flexibility index (Phi) is 3.54. The summed E-state index contributed by atoms with van der Waals surface area (Å²) in [6.45, 7) is 0. The molecule has 110 valence electrons. The molecular formula is C13H7F4NO3. The molecule has 0 amide bonds. The van der Waals surface area contributed by atoms with E-state index < -0.39 is 34.9 Å². The standard InChI is InChI=1S/C13H7F4NO3/c14-8-2-1-6(13(15,16)17)5-7(8)11(19)9-3-4-10(18-9)12(20)21/h1-5,18H,(H,20,21). The van der Waals surface area contributed by atoms with Gasteiger partial charge in [-0.15, -0.1) is 0 Å². The van der Waals surface area contributed by atoms with Gasteiger partial charge in [-0.25, -0.2) is 9.18 Å². The van der Waals surface area contributed by atoms with Crippen molar-refractivity contribution in [3.05, 3.63) is 58.7 Å². The van der Waals surface area contributed by atoms with E-state index in [9.17, 15) is 27.2 Å². The lowest BCUT2D eigenvalue weighted by Crippen LogP contribution is -2.11. The van der Waals surface area contributed by atoms with Crippen LogP contribution in [0.3, 0.4) is 0 Å². The van der Waals surface area contributed by atoms with Gasteiger partial charge in [0.05, 0.1) is 16.8 Å². The number of hydrogen-bond donors (Lipinski definition) is 2. The second-order valence-corrected chi connectivity index (χ2v) is 4.11. The third-order valence-corrected chi connectivity index (χ3v) is 2.70. The molecule has 0 aliphatic heterocycles. The number of carbonyl (C=O) groups excluding carboxylic acids is 1. The van der Waals surface area contributed by atoms with Crippen LogP contribution in [0, 0.1) is 5.82 Å². The van der Waals surface area contributed by atoms with Crippen molar-refractivity contribution in [2.45, 2.75) is 6.18 Å². The average molecular weight is 301 g/mol. The van der Waals surface area contributed by atoms with Gasteiger partial charge in [0.1, 0.15) is 11.5 Å². The molecular weight excluding hydrogens is 294 g/mol. The number of carbonyl (C=O) groups is 2. The molecule has 0 unspecified atom stereocenters. The van der Waals surface area contributed by atoms with Crippen LogP contribution in [-0.2, 0) is 6.18 Å². The van der Waals surface area contributed by atoms with Gasteiger partial charge in [-0.1, -0.05) is 0 Å². The number of benzene rings is 1. The van der Waals surface area contributed by atoms with Crippen molar-refractivity contribution < 1.29 is 32.3 Å². The minimum Gasteiger partial charge on any atom is -0.477 e. The van der Waals surface area contributed by atoms with E-state index >= 15 is 0 Å². The van der Waals surface area contributed by atoms with Gasteiger partial charge in [-0.2, -0.15) is 13.2 Å². The molecule has 0 saturated heterocycles. The highest BCUT2D eigenvalue weighted by atomic mass is 19.4. The highest BCUT2D eigenvalue weighted by Crippen LogP contribution is 2.30. The van der Waals surface area contributed by atoms with Crippen molar-refractivity contribution in [2.75, 3.05) is 0 Å². The first kappa shape index (κ1) is 14.8. The van der Waals surface area contributed by atoms with Crippen LogP contribution in [0.4, 0.5) is 17.6 Å². The minimum absolute atomic E-state index is 0.314. The fourth-order valence-electron chi connectivity index (χ4n) is 1.67. The molecule has 0 spiro atoms. The summed E-state index contributed by atoms with van der Waals surface area (Å²) in [5.74, 6) is -3.54. The van der Waals surface area contributed by atoms with Gasteiger partial charge < -0.3 is 10.1 Å². The first-order chi connectivity index (χ1) is 9.70. The topological polar surface area (TPSA) is 70.2 Å². The highest BCUT2D eigenvalue weighted by Gasteiger charge is 2.32. The second kappa shape index (κ2) is 5.04. The van der Waals surface area contributed by atoms with Gasteiger partial charge in [0.25, 0.3) is 0 Å². The molecule has 2 N–H and O–H groups in total. The Morgan fingerprint density at radius 2 is 1.67 bits per heavy atom. The summed E-state index contributed by atoms with van der Waals surface area (Å²) < 4.78 is 51.2. The smallest absolute Gasteiger partial charge is 0.416 e. The zero-order valence-electron chi connectivity index (χ0n) is 10.2. The molecule has 0 fully saturated rings. The summed E-state index contributed by atoms with van der Waals surface area (Å²) in [5.41, 5.74) is -2.60. The highest BCUT2D eigenvalue weighted by molar-refractivity contribution is 6.08. The lowest BCUT2D eigenvalue weighted by molar-refractivity contribution is -0.137.